The largest absolute Gasteiger partial charge is 0.397 e. The van der Waals surface area contributed by atoms with Crippen molar-refractivity contribution in [2.75, 3.05) is 24.1 Å². The van der Waals surface area contributed by atoms with Crippen LogP contribution in [0.1, 0.15) is 18.4 Å². The Morgan fingerprint density at radius 1 is 1.56 bits per heavy atom. The monoisotopic (exact) mass is 245 g/mol. The molecule has 0 aliphatic heterocycles. The molecule has 6 heteroatoms. The molecule has 6 nitrogen and oxygen atoms in total. The fraction of sp³-hybridized carbons (Fsp3) is 0.417. The maximum atomic E-state index is 11.4. The SMILES string of the molecule is N#Cc1cc(N)cnc1NCCNC(=O)C1CC1. The number of carbonyl (C=O) groups excluding carboxylic acids is 1. The molecule has 1 aliphatic carbocycles. The average molecular weight is 245 g/mol. The smallest absolute Gasteiger partial charge is 0.223 e. The zero-order chi connectivity index (χ0) is 13.0. The van der Waals surface area contributed by atoms with Gasteiger partial charge in [0.1, 0.15) is 11.9 Å². The molecule has 0 unspecified atom stereocenters. The lowest BCUT2D eigenvalue weighted by Crippen LogP contribution is -2.30. The van der Waals surface area contributed by atoms with Crippen LogP contribution in [-0.2, 0) is 4.79 Å². The van der Waals surface area contributed by atoms with Crippen molar-refractivity contribution in [2.24, 2.45) is 5.92 Å². The van der Waals surface area contributed by atoms with E-state index >= 15 is 0 Å². The van der Waals surface area contributed by atoms with Crippen LogP contribution in [-0.4, -0.2) is 24.0 Å². The summed E-state index contributed by atoms with van der Waals surface area (Å²) in [7, 11) is 0. The van der Waals surface area contributed by atoms with Gasteiger partial charge >= 0.3 is 0 Å². The van der Waals surface area contributed by atoms with Crippen LogP contribution in [0.4, 0.5) is 11.5 Å². The summed E-state index contributed by atoms with van der Waals surface area (Å²) >= 11 is 0. The highest BCUT2D eigenvalue weighted by molar-refractivity contribution is 5.80. The predicted molar refractivity (Wildman–Crippen MR) is 67.6 cm³/mol. The summed E-state index contributed by atoms with van der Waals surface area (Å²) < 4.78 is 0. The topological polar surface area (TPSA) is 104 Å². The second-order valence-electron chi connectivity index (χ2n) is 4.27. The van der Waals surface area contributed by atoms with Crippen LogP contribution in [0.5, 0.6) is 0 Å². The van der Waals surface area contributed by atoms with Gasteiger partial charge in [0.2, 0.25) is 5.91 Å². The van der Waals surface area contributed by atoms with Crippen LogP contribution >= 0.6 is 0 Å². The Balaban J connectivity index is 1.79. The van der Waals surface area contributed by atoms with Gasteiger partial charge in [0.05, 0.1) is 17.4 Å². The maximum Gasteiger partial charge on any atom is 0.223 e. The van der Waals surface area contributed by atoms with E-state index in [0.29, 0.717) is 30.2 Å². The second-order valence-corrected chi connectivity index (χ2v) is 4.27. The van der Waals surface area contributed by atoms with Crippen molar-refractivity contribution in [2.45, 2.75) is 12.8 Å². The summed E-state index contributed by atoms with van der Waals surface area (Å²) in [5.74, 6) is 0.823. The average Bonchev–Trinajstić information content (AvgIpc) is 3.19. The van der Waals surface area contributed by atoms with Gasteiger partial charge in [0.25, 0.3) is 0 Å². The Bertz CT molecular complexity index is 490. The first kappa shape index (κ1) is 12.2. The van der Waals surface area contributed by atoms with Crippen molar-refractivity contribution in [1.82, 2.24) is 10.3 Å². The third-order valence-electron chi connectivity index (χ3n) is 2.69. The number of aromatic nitrogens is 1. The highest BCUT2D eigenvalue weighted by Crippen LogP contribution is 2.28. The van der Waals surface area contributed by atoms with Gasteiger partial charge in [-0.15, -0.1) is 0 Å². The molecule has 94 valence electrons. The second kappa shape index (κ2) is 5.36. The normalized spacial score (nSPS) is 13.7. The number of anilines is 2. The van der Waals surface area contributed by atoms with Gasteiger partial charge in [0.15, 0.2) is 0 Å². The molecule has 0 spiro atoms. The molecule has 1 amide bonds. The van der Waals surface area contributed by atoms with Crippen LogP contribution < -0.4 is 16.4 Å². The van der Waals surface area contributed by atoms with Gasteiger partial charge in [-0.3, -0.25) is 4.79 Å². The predicted octanol–water partition coefficient (Wildman–Crippen LogP) is 0.474. The molecule has 0 bridgehead atoms. The first-order chi connectivity index (χ1) is 8.70. The quantitative estimate of drug-likeness (QED) is 0.654. The van der Waals surface area contributed by atoms with Crippen molar-refractivity contribution in [3.8, 4) is 6.07 Å². The summed E-state index contributed by atoms with van der Waals surface area (Å²) in [6.07, 6.45) is 3.49. The minimum Gasteiger partial charge on any atom is -0.397 e. The van der Waals surface area contributed by atoms with Crippen LogP contribution in [0.25, 0.3) is 0 Å². The number of amides is 1. The van der Waals surface area contributed by atoms with Crippen molar-refractivity contribution < 1.29 is 4.79 Å². The van der Waals surface area contributed by atoms with E-state index in [9.17, 15) is 4.79 Å². The van der Waals surface area contributed by atoms with E-state index in [-0.39, 0.29) is 11.8 Å². The molecule has 1 saturated carbocycles. The number of nitriles is 1. The molecule has 1 fully saturated rings. The van der Waals surface area contributed by atoms with Crippen molar-refractivity contribution in [3.05, 3.63) is 17.8 Å². The molecule has 0 radical (unpaired) electrons. The molecule has 18 heavy (non-hydrogen) atoms. The van der Waals surface area contributed by atoms with Gasteiger partial charge in [-0.2, -0.15) is 5.26 Å². The number of nitrogen functional groups attached to an aromatic ring is 1. The molecule has 2 rings (SSSR count). The van der Waals surface area contributed by atoms with E-state index in [4.69, 9.17) is 11.0 Å². The van der Waals surface area contributed by atoms with Crippen LogP contribution in [0.2, 0.25) is 0 Å². The molecular formula is C12H15N5O. The zero-order valence-corrected chi connectivity index (χ0v) is 9.94. The number of nitrogens with zero attached hydrogens (tertiary/aromatic N) is 2. The van der Waals surface area contributed by atoms with E-state index in [0.717, 1.165) is 12.8 Å². The number of hydrogen-bond donors (Lipinski definition) is 3. The van der Waals surface area contributed by atoms with Gasteiger partial charge in [-0.25, -0.2) is 4.98 Å². The fourth-order valence-electron chi connectivity index (χ4n) is 1.56. The van der Waals surface area contributed by atoms with E-state index in [1.165, 1.54) is 6.20 Å². The molecule has 1 aliphatic rings. The number of pyridine rings is 1. The lowest BCUT2D eigenvalue weighted by Gasteiger charge is -2.08. The summed E-state index contributed by atoms with van der Waals surface area (Å²) in [4.78, 5) is 15.4. The third kappa shape index (κ3) is 3.10. The standard InChI is InChI=1S/C12H15N5O/c13-6-9-5-10(14)7-17-11(9)15-3-4-16-12(18)8-1-2-8/h5,7-8H,1-4,14H2,(H,15,17)(H,16,18). The maximum absolute atomic E-state index is 11.4. The Morgan fingerprint density at radius 3 is 3.00 bits per heavy atom. The molecule has 1 aromatic heterocycles. The number of nitrogens with one attached hydrogen (secondary N) is 2. The molecule has 0 atom stereocenters. The molecule has 0 aromatic carbocycles. The molecule has 1 aromatic rings. The number of hydrogen-bond acceptors (Lipinski definition) is 5. The number of nitrogens with two attached hydrogens (primary N) is 1. The molecule has 1 heterocycles. The number of carbonyl (C=O) groups is 1. The summed E-state index contributed by atoms with van der Waals surface area (Å²) in [5.41, 5.74) is 6.40. The lowest BCUT2D eigenvalue weighted by molar-refractivity contribution is -0.122. The van der Waals surface area contributed by atoms with Gasteiger partial charge < -0.3 is 16.4 Å². The Morgan fingerprint density at radius 2 is 2.33 bits per heavy atom. The zero-order valence-electron chi connectivity index (χ0n) is 9.94. The van der Waals surface area contributed by atoms with Crippen molar-refractivity contribution >= 4 is 17.4 Å². The first-order valence-electron chi connectivity index (χ1n) is 5.88. The first-order valence-corrected chi connectivity index (χ1v) is 5.88. The van der Waals surface area contributed by atoms with Gasteiger partial charge in [-0.1, -0.05) is 0 Å². The third-order valence-corrected chi connectivity index (χ3v) is 2.69. The summed E-state index contributed by atoms with van der Waals surface area (Å²) in [6, 6.07) is 3.59. The Hall–Kier alpha value is -2.29. The minimum absolute atomic E-state index is 0.113. The van der Waals surface area contributed by atoms with Gasteiger partial charge in [-0.05, 0) is 18.9 Å². The van der Waals surface area contributed by atoms with E-state index in [1.54, 1.807) is 6.07 Å². The molecule has 4 N–H and O–H groups in total. The highest BCUT2D eigenvalue weighted by atomic mass is 16.2. The lowest BCUT2D eigenvalue weighted by atomic mass is 10.2. The van der Waals surface area contributed by atoms with Crippen LogP contribution in [0.3, 0.4) is 0 Å². The van der Waals surface area contributed by atoms with E-state index in [2.05, 4.69) is 15.6 Å². The van der Waals surface area contributed by atoms with E-state index < -0.39 is 0 Å². The van der Waals surface area contributed by atoms with Crippen LogP contribution in [0.15, 0.2) is 12.3 Å². The van der Waals surface area contributed by atoms with E-state index in [1.807, 2.05) is 6.07 Å². The minimum atomic E-state index is 0.113. The highest BCUT2D eigenvalue weighted by Gasteiger charge is 2.28. The van der Waals surface area contributed by atoms with Gasteiger partial charge in [0, 0.05) is 19.0 Å². The summed E-state index contributed by atoms with van der Waals surface area (Å²) in [6.45, 7) is 1.05. The molecule has 0 saturated heterocycles. The summed E-state index contributed by atoms with van der Waals surface area (Å²) in [5, 5.41) is 14.7. The van der Waals surface area contributed by atoms with Crippen molar-refractivity contribution in [1.29, 1.82) is 5.26 Å². The molecular weight excluding hydrogens is 230 g/mol. The Labute approximate surface area is 105 Å². The fourth-order valence-corrected chi connectivity index (χ4v) is 1.56. The number of rotatable bonds is 5. The van der Waals surface area contributed by atoms with Crippen LogP contribution in [0, 0.1) is 17.2 Å². The Kier molecular flexibility index (Phi) is 3.63. The van der Waals surface area contributed by atoms with Crippen molar-refractivity contribution in [3.63, 3.8) is 0 Å².